The average molecular weight is 554 g/mol. The number of hydrogen-bond acceptors (Lipinski definition) is 6. The van der Waals surface area contributed by atoms with Gasteiger partial charge in [-0.2, -0.15) is 0 Å². The van der Waals surface area contributed by atoms with Crippen LogP contribution in [0.5, 0.6) is 0 Å². The van der Waals surface area contributed by atoms with Crippen molar-refractivity contribution in [1.29, 1.82) is 0 Å². The highest BCUT2D eigenvalue weighted by molar-refractivity contribution is 6.06. The molecule has 4 saturated carbocycles. The monoisotopic (exact) mass is 553 g/mol. The lowest BCUT2D eigenvalue weighted by Crippen LogP contribution is -2.52. The van der Waals surface area contributed by atoms with Crippen LogP contribution in [-0.2, 0) is 34.0 Å². The summed E-state index contributed by atoms with van der Waals surface area (Å²) in [6.45, 7) is 1.45. The first kappa shape index (κ1) is 25.1. The maximum absolute atomic E-state index is 13.1. The van der Waals surface area contributed by atoms with Crippen molar-refractivity contribution >= 4 is 34.4 Å². The van der Waals surface area contributed by atoms with Gasteiger partial charge >= 0.3 is 0 Å². The number of nitrogens with one attached hydrogen (secondary N) is 2. The highest BCUT2D eigenvalue weighted by Gasteiger charge is 2.51. The summed E-state index contributed by atoms with van der Waals surface area (Å²) in [6.07, 6.45) is 8.56. The van der Waals surface area contributed by atoms with E-state index in [9.17, 15) is 14.4 Å². The molecule has 2 aromatic carbocycles. The molecule has 0 radical (unpaired) electrons. The number of amides is 3. The largest absolute Gasteiger partial charge is 0.459 e. The lowest BCUT2D eigenvalue weighted by molar-refractivity contribution is -0.168. The Morgan fingerprint density at radius 2 is 1.78 bits per heavy atom. The predicted octanol–water partition coefficient (Wildman–Crippen LogP) is 5.29. The molecular weight excluding hydrogens is 518 g/mol. The number of piperidine rings is 1. The Bertz CT molecular complexity index is 1540. The first-order valence-corrected chi connectivity index (χ1v) is 15.1. The number of ether oxygens (including phenoxy) is 1. The molecule has 212 valence electrons. The second-order valence-corrected chi connectivity index (χ2v) is 13.1. The van der Waals surface area contributed by atoms with E-state index in [0.29, 0.717) is 31.7 Å². The third kappa shape index (κ3) is 4.43. The SMILES string of the molecule is O=C1CCC(N2Cc3c(NCc4cc5cc(COC67CC8CC(CC(C8)C6)C7)ccc5o4)cccc3C2=O)C(=O)N1. The summed E-state index contributed by atoms with van der Waals surface area (Å²) >= 11 is 0. The summed E-state index contributed by atoms with van der Waals surface area (Å²) in [5.74, 6) is 2.56. The Balaban J connectivity index is 0.939. The minimum Gasteiger partial charge on any atom is -0.459 e. The molecule has 2 N–H and O–H groups in total. The van der Waals surface area contributed by atoms with Crippen LogP contribution in [0.15, 0.2) is 46.9 Å². The molecule has 1 aromatic heterocycles. The molecule has 5 fully saturated rings. The molecule has 8 nitrogen and oxygen atoms in total. The number of anilines is 1. The topological polar surface area (TPSA) is 101 Å². The number of hydrogen-bond donors (Lipinski definition) is 2. The maximum atomic E-state index is 13.1. The normalized spacial score (nSPS) is 30.2. The van der Waals surface area contributed by atoms with Crippen molar-refractivity contribution in [2.45, 2.75) is 82.7 Å². The zero-order valence-electron chi connectivity index (χ0n) is 23.1. The predicted molar refractivity (Wildman–Crippen MR) is 152 cm³/mol. The van der Waals surface area contributed by atoms with Gasteiger partial charge in [0.25, 0.3) is 5.91 Å². The Labute approximate surface area is 238 Å². The van der Waals surface area contributed by atoms with E-state index in [-0.39, 0.29) is 23.8 Å². The molecule has 1 saturated heterocycles. The zero-order chi connectivity index (χ0) is 27.7. The molecule has 3 aromatic rings. The van der Waals surface area contributed by atoms with Crippen LogP contribution in [0, 0.1) is 17.8 Å². The van der Waals surface area contributed by atoms with Crippen LogP contribution < -0.4 is 10.6 Å². The molecule has 3 heterocycles. The van der Waals surface area contributed by atoms with Crippen LogP contribution in [-0.4, -0.2) is 34.3 Å². The molecule has 9 rings (SSSR count). The fourth-order valence-electron chi connectivity index (χ4n) is 8.70. The number of imide groups is 1. The van der Waals surface area contributed by atoms with E-state index in [2.05, 4.69) is 28.8 Å². The standard InChI is InChI=1S/C33H35N3O5/c37-30-7-5-28(31(38)35-30)36-17-26-25(32(36)39)2-1-3-27(26)34-16-24-12-23-11-19(4-6-29(23)41-24)18-40-33-13-20-8-21(14-33)10-22(9-20)15-33/h1-4,6,11-12,20-22,28,34H,5,7-10,13-18H2,(H,35,37,38). The third-order valence-corrected chi connectivity index (χ3v) is 10.2. The average Bonchev–Trinajstić information content (AvgIpc) is 3.50. The van der Waals surface area contributed by atoms with Crippen molar-refractivity contribution in [3.63, 3.8) is 0 Å². The van der Waals surface area contributed by atoms with Crippen LogP contribution in [0.4, 0.5) is 5.69 Å². The van der Waals surface area contributed by atoms with Gasteiger partial charge < -0.3 is 19.4 Å². The fraction of sp³-hybridized carbons (Fsp3) is 0.485. The van der Waals surface area contributed by atoms with Crippen molar-refractivity contribution in [2.24, 2.45) is 17.8 Å². The van der Waals surface area contributed by atoms with Gasteiger partial charge in [0, 0.05) is 35.2 Å². The number of benzene rings is 2. The smallest absolute Gasteiger partial charge is 0.255 e. The van der Waals surface area contributed by atoms with Crippen LogP contribution in [0.2, 0.25) is 0 Å². The van der Waals surface area contributed by atoms with Crippen LogP contribution in [0.3, 0.4) is 0 Å². The van der Waals surface area contributed by atoms with Crippen molar-refractivity contribution in [1.82, 2.24) is 10.2 Å². The van der Waals surface area contributed by atoms with E-state index >= 15 is 0 Å². The maximum Gasteiger partial charge on any atom is 0.255 e. The number of carbonyl (C=O) groups is 3. The van der Waals surface area contributed by atoms with E-state index in [4.69, 9.17) is 9.15 Å². The molecule has 0 spiro atoms. The number of fused-ring (bicyclic) bond motifs is 2. The fourth-order valence-corrected chi connectivity index (χ4v) is 8.70. The minimum atomic E-state index is -0.628. The van der Waals surface area contributed by atoms with Crippen molar-refractivity contribution < 1.29 is 23.5 Å². The van der Waals surface area contributed by atoms with Gasteiger partial charge in [-0.15, -0.1) is 0 Å². The van der Waals surface area contributed by atoms with Gasteiger partial charge in [-0.25, -0.2) is 0 Å². The number of rotatable bonds is 7. The first-order valence-electron chi connectivity index (χ1n) is 15.1. The molecular formula is C33H35N3O5. The van der Waals surface area contributed by atoms with E-state index in [1.165, 1.54) is 44.1 Å². The van der Waals surface area contributed by atoms with Crippen LogP contribution >= 0.6 is 0 Å². The summed E-state index contributed by atoms with van der Waals surface area (Å²) in [6, 6.07) is 13.4. The molecule has 1 unspecified atom stereocenters. The van der Waals surface area contributed by atoms with E-state index in [1.807, 2.05) is 18.2 Å². The molecule has 3 amide bonds. The second kappa shape index (κ2) is 9.44. The van der Waals surface area contributed by atoms with Gasteiger partial charge in [-0.3, -0.25) is 19.7 Å². The van der Waals surface area contributed by atoms with Crippen LogP contribution in [0.1, 0.15) is 78.6 Å². The van der Waals surface area contributed by atoms with Gasteiger partial charge in [-0.05, 0) is 98.6 Å². The molecule has 41 heavy (non-hydrogen) atoms. The highest BCUT2D eigenvalue weighted by atomic mass is 16.5. The molecule has 8 heteroatoms. The number of carbonyl (C=O) groups excluding carboxylic acids is 3. The molecule has 1 atom stereocenters. The number of nitrogens with zero attached hydrogens (tertiary/aromatic N) is 1. The van der Waals surface area contributed by atoms with Crippen molar-refractivity contribution in [2.75, 3.05) is 5.32 Å². The van der Waals surface area contributed by atoms with Crippen LogP contribution in [0.25, 0.3) is 11.0 Å². The Morgan fingerprint density at radius 1 is 1.00 bits per heavy atom. The Kier molecular flexibility index (Phi) is 5.78. The van der Waals surface area contributed by atoms with Gasteiger partial charge in [0.05, 0.1) is 18.8 Å². The Hall–Kier alpha value is -3.65. The van der Waals surface area contributed by atoms with Crippen molar-refractivity contribution in [3.05, 3.63) is 64.9 Å². The quantitative estimate of drug-likeness (QED) is 0.386. The lowest BCUT2D eigenvalue weighted by atomic mass is 9.54. The first-order chi connectivity index (χ1) is 19.9. The summed E-state index contributed by atoms with van der Waals surface area (Å²) in [7, 11) is 0. The zero-order valence-corrected chi connectivity index (χ0v) is 23.1. The van der Waals surface area contributed by atoms with Gasteiger partial charge in [0.2, 0.25) is 11.8 Å². The minimum absolute atomic E-state index is 0.0975. The van der Waals surface area contributed by atoms with E-state index in [1.54, 1.807) is 11.0 Å². The van der Waals surface area contributed by atoms with Gasteiger partial charge in [0.1, 0.15) is 17.4 Å². The van der Waals surface area contributed by atoms with Crippen molar-refractivity contribution in [3.8, 4) is 0 Å². The second-order valence-electron chi connectivity index (χ2n) is 13.1. The van der Waals surface area contributed by atoms with E-state index < -0.39 is 11.9 Å². The highest BCUT2D eigenvalue weighted by Crippen LogP contribution is 2.57. The van der Waals surface area contributed by atoms with Gasteiger partial charge in [-0.1, -0.05) is 12.1 Å². The molecule has 4 bridgehead atoms. The third-order valence-electron chi connectivity index (χ3n) is 10.2. The summed E-state index contributed by atoms with van der Waals surface area (Å²) in [4.78, 5) is 38.7. The lowest BCUT2D eigenvalue weighted by Gasteiger charge is -2.56. The van der Waals surface area contributed by atoms with E-state index in [0.717, 1.165) is 45.7 Å². The van der Waals surface area contributed by atoms with Gasteiger partial charge in [0.15, 0.2) is 0 Å². The number of furan rings is 1. The summed E-state index contributed by atoms with van der Waals surface area (Å²) < 4.78 is 12.8. The molecule has 4 aliphatic carbocycles. The summed E-state index contributed by atoms with van der Waals surface area (Å²) in [5, 5.41) is 6.87. The molecule has 6 aliphatic rings. The summed E-state index contributed by atoms with van der Waals surface area (Å²) in [5.41, 5.74) is 4.42. The molecule has 2 aliphatic heterocycles. The Morgan fingerprint density at radius 3 is 2.54 bits per heavy atom.